The fourth-order valence-electron chi connectivity index (χ4n) is 3.83. The first-order chi connectivity index (χ1) is 17.8. The van der Waals surface area contributed by atoms with E-state index in [-0.39, 0.29) is 12.2 Å². The molecule has 5 nitrogen and oxygen atoms in total. The highest BCUT2D eigenvalue weighted by Gasteiger charge is 2.11. The molecule has 37 heavy (non-hydrogen) atoms. The van der Waals surface area contributed by atoms with Crippen molar-refractivity contribution in [2.45, 2.75) is 26.3 Å². The number of hydrogen-bond donors (Lipinski definition) is 1. The molecule has 0 unspecified atom stereocenters. The highest BCUT2D eigenvalue weighted by molar-refractivity contribution is 6.36. The minimum Gasteiger partial charge on any atom is -0.494 e. The minimum atomic E-state index is -0.855. The molecular formula is C29H25Cl2FN2O3. The van der Waals surface area contributed by atoms with E-state index in [1.165, 1.54) is 6.07 Å². The molecule has 0 radical (unpaired) electrons. The molecule has 4 aromatic rings. The molecule has 1 aromatic heterocycles. The number of imidazole rings is 1. The third kappa shape index (κ3) is 6.79. The molecule has 4 rings (SSSR count). The number of carboxylic acid groups (broad SMARTS) is 1. The molecular weight excluding hydrogens is 514 g/mol. The average molecular weight is 539 g/mol. The van der Waals surface area contributed by atoms with Crippen molar-refractivity contribution in [1.29, 1.82) is 0 Å². The Morgan fingerprint density at radius 3 is 2.62 bits per heavy atom. The molecule has 0 saturated heterocycles. The van der Waals surface area contributed by atoms with E-state index in [4.69, 9.17) is 33.0 Å². The van der Waals surface area contributed by atoms with Gasteiger partial charge in [0.2, 0.25) is 0 Å². The van der Waals surface area contributed by atoms with E-state index < -0.39 is 5.97 Å². The molecule has 0 aliphatic rings. The lowest BCUT2D eigenvalue weighted by molar-refractivity contribution is -0.137. The summed E-state index contributed by atoms with van der Waals surface area (Å²) in [7, 11) is 0. The van der Waals surface area contributed by atoms with Crippen molar-refractivity contribution in [2.24, 2.45) is 0 Å². The second-order valence-electron chi connectivity index (χ2n) is 8.34. The van der Waals surface area contributed by atoms with Crippen LogP contribution in [-0.4, -0.2) is 27.2 Å². The van der Waals surface area contributed by atoms with Crippen LogP contribution in [0.2, 0.25) is 10.0 Å². The van der Waals surface area contributed by atoms with Crippen molar-refractivity contribution in [3.63, 3.8) is 0 Å². The summed E-state index contributed by atoms with van der Waals surface area (Å²) in [6, 6.07) is 17.6. The normalized spacial score (nSPS) is 11.2. The monoisotopic (exact) mass is 538 g/mol. The molecule has 3 aromatic carbocycles. The Kier molecular flexibility index (Phi) is 8.64. The predicted octanol–water partition coefficient (Wildman–Crippen LogP) is 8.10. The van der Waals surface area contributed by atoms with Gasteiger partial charge in [-0.2, -0.15) is 0 Å². The van der Waals surface area contributed by atoms with Crippen LogP contribution in [0.25, 0.3) is 34.5 Å². The van der Waals surface area contributed by atoms with E-state index in [0.717, 1.165) is 11.1 Å². The molecule has 0 amide bonds. The molecule has 1 heterocycles. The maximum Gasteiger partial charge on any atom is 0.303 e. The van der Waals surface area contributed by atoms with E-state index in [1.54, 1.807) is 36.4 Å². The van der Waals surface area contributed by atoms with E-state index in [2.05, 4.69) is 4.98 Å². The first-order valence-electron chi connectivity index (χ1n) is 11.8. The lowest BCUT2D eigenvalue weighted by Crippen LogP contribution is -2.02. The summed E-state index contributed by atoms with van der Waals surface area (Å²) in [6.07, 6.45) is 5.85. The van der Waals surface area contributed by atoms with Crippen LogP contribution in [0.3, 0.4) is 0 Å². The van der Waals surface area contributed by atoms with Gasteiger partial charge >= 0.3 is 5.97 Å². The van der Waals surface area contributed by atoms with Crippen LogP contribution in [0, 0.1) is 5.82 Å². The smallest absolute Gasteiger partial charge is 0.303 e. The SMILES string of the molecule is CCn1cc(-c2ccc(Cl)cc2Cl)nc1C=Cc1ccc(-c2cccc(OCCCC(=O)O)c2)cc1F. The number of aliphatic carboxylic acids is 1. The minimum absolute atomic E-state index is 0.0502. The van der Waals surface area contributed by atoms with Crippen LogP contribution < -0.4 is 4.74 Å². The number of carboxylic acids is 1. The van der Waals surface area contributed by atoms with Crippen molar-refractivity contribution < 1.29 is 19.0 Å². The van der Waals surface area contributed by atoms with Gasteiger partial charge in [-0.15, -0.1) is 0 Å². The molecule has 0 fully saturated rings. The molecule has 0 aliphatic heterocycles. The standard InChI is InChI=1S/C29H25Cl2FN2O3/c1-2-34-18-27(24-12-11-22(30)17-25(24)31)33-28(34)13-10-19-8-9-21(16-26(19)32)20-5-3-6-23(15-20)37-14-4-7-29(35)36/h3,5-6,8-13,15-18H,2,4,7,14H2,1H3,(H,35,36). The van der Waals surface area contributed by atoms with E-state index in [1.807, 2.05) is 48.0 Å². The van der Waals surface area contributed by atoms with Gasteiger partial charge in [-0.25, -0.2) is 9.37 Å². The Balaban J connectivity index is 1.51. The molecule has 0 spiro atoms. The van der Waals surface area contributed by atoms with Gasteiger partial charge in [0.1, 0.15) is 17.4 Å². The van der Waals surface area contributed by atoms with Crippen molar-refractivity contribution in [2.75, 3.05) is 6.61 Å². The molecule has 1 N–H and O–H groups in total. The van der Waals surface area contributed by atoms with Gasteiger partial charge in [-0.1, -0.05) is 47.5 Å². The lowest BCUT2D eigenvalue weighted by atomic mass is 10.0. The van der Waals surface area contributed by atoms with Crippen LogP contribution >= 0.6 is 23.2 Å². The topological polar surface area (TPSA) is 64.4 Å². The van der Waals surface area contributed by atoms with Crippen LogP contribution in [0.15, 0.2) is 66.9 Å². The summed E-state index contributed by atoms with van der Waals surface area (Å²) in [5.74, 6) is 0.0686. The number of aromatic nitrogens is 2. The van der Waals surface area contributed by atoms with Crippen LogP contribution in [0.5, 0.6) is 5.75 Å². The Morgan fingerprint density at radius 1 is 1.08 bits per heavy atom. The fourth-order valence-corrected chi connectivity index (χ4v) is 4.33. The highest BCUT2D eigenvalue weighted by atomic mass is 35.5. The van der Waals surface area contributed by atoms with Crippen LogP contribution in [0.4, 0.5) is 4.39 Å². The van der Waals surface area contributed by atoms with Crippen molar-refractivity contribution in [3.8, 4) is 28.1 Å². The third-order valence-electron chi connectivity index (χ3n) is 5.74. The Bertz CT molecular complexity index is 1450. The van der Waals surface area contributed by atoms with Crippen molar-refractivity contribution in [1.82, 2.24) is 9.55 Å². The average Bonchev–Trinajstić information content (AvgIpc) is 3.29. The Hall–Kier alpha value is -3.61. The number of nitrogens with zero attached hydrogens (tertiary/aromatic N) is 2. The van der Waals surface area contributed by atoms with Gasteiger partial charge in [0.15, 0.2) is 0 Å². The van der Waals surface area contributed by atoms with Gasteiger partial charge < -0.3 is 14.4 Å². The maximum atomic E-state index is 15.0. The summed E-state index contributed by atoms with van der Waals surface area (Å²) in [5.41, 5.74) is 3.43. The second-order valence-corrected chi connectivity index (χ2v) is 9.18. The fraction of sp³-hybridized carbons (Fsp3) is 0.172. The predicted molar refractivity (Wildman–Crippen MR) is 146 cm³/mol. The number of hydrogen-bond acceptors (Lipinski definition) is 3. The summed E-state index contributed by atoms with van der Waals surface area (Å²) in [5, 5.41) is 9.81. The van der Waals surface area contributed by atoms with Crippen LogP contribution in [0.1, 0.15) is 31.2 Å². The molecule has 8 heteroatoms. The summed E-state index contributed by atoms with van der Waals surface area (Å²) >= 11 is 12.4. The second kappa shape index (κ2) is 12.1. The number of carbonyl (C=O) groups is 1. The number of halogens is 3. The van der Waals surface area contributed by atoms with Crippen molar-refractivity contribution in [3.05, 3.63) is 94.1 Å². The summed E-state index contributed by atoms with van der Waals surface area (Å²) in [4.78, 5) is 15.3. The third-order valence-corrected chi connectivity index (χ3v) is 6.29. The number of ether oxygens (including phenoxy) is 1. The van der Waals surface area contributed by atoms with Gasteiger partial charge in [0, 0.05) is 35.3 Å². The molecule has 0 atom stereocenters. The van der Waals surface area contributed by atoms with E-state index >= 15 is 4.39 Å². The summed E-state index contributed by atoms with van der Waals surface area (Å²) < 4.78 is 22.6. The highest BCUT2D eigenvalue weighted by Crippen LogP contribution is 2.31. The number of benzene rings is 3. The molecule has 0 aliphatic carbocycles. The molecule has 0 bridgehead atoms. The van der Waals surface area contributed by atoms with Crippen LogP contribution in [-0.2, 0) is 11.3 Å². The summed E-state index contributed by atoms with van der Waals surface area (Å²) in [6.45, 7) is 2.99. The lowest BCUT2D eigenvalue weighted by Gasteiger charge is -2.09. The first-order valence-corrected chi connectivity index (χ1v) is 12.5. The molecule has 190 valence electrons. The van der Waals surface area contributed by atoms with Crippen molar-refractivity contribution >= 4 is 41.3 Å². The van der Waals surface area contributed by atoms with Gasteiger partial charge in [0.25, 0.3) is 0 Å². The zero-order valence-electron chi connectivity index (χ0n) is 20.1. The quantitative estimate of drug-likeness (QED) is 0.207. The first kappa shape index (κ1) is 26.5. The van der Waals surface area contributed by atoms with Gasteiger partial charge in [-0.05, 0) is 73.0 Å². The zero-order valence-corrected chi connectivity index (χ0v) is 21.6. The molecule has 0 saturated carbocycles. The van der Waals surface area contributed by atoms with E-state index in [9.17, 15) is 4.79 Å². The van der Waals surface area contributed by atoms with Gasteiger partial charge in [-0.3, -0.25) is 4.79 Å². The van der Waals surface area contributed by atoms with Gasteiger partial charge in [0.05, 0.1) is 17.3 Å². The maximum absolute atomic E-state index is 15.0. The largest absolute Gasteiger partial charge is 0.494 e. The zero-order chi connectivity index (χ0) is 26.4. The number of aryl methyl sites for hydroxylation is 1. The number of rotatable bonds is 10. The van der Waals surface area contributed by atoms with E-state index in [0.29, 0.717) is 58.0 Å². The Labute approximate surface area is 224 Å². The Morgan fingerprint density at radius 2 is 1.89 bits per heavy atom.